The Morgan fingerprint density at radius 2 is 2.31 bits per heavy atom. The molecule has 0 atom stereocenters. The van der Waals surface area contributed by atoms with Crippen LogP contribution in [0.3, 0.4) is 0 Å². The van der Waals surface area contributed by atoms with E-state index < -0.39 is 0 Å². The van der Waals surface area contributed by atoms with Crippen molar-refractivity contribution in [3.8, 4) is 0 Å². The number of nitrogens with one attached hydrogen (secondary N) is 1. The van der Waals surface area contributed by atoms with Gasteiger partial charge in [0.2, 0.25) is 6.41 Å². The molecule has 16 heavy (non-hydrogen) atoms. The van der Waals surface area contributed by atoms with Gasteiger partial charge in [0.15, 0.2) is 0 Å². The van der Waals surface area contributed by atoms with Crippen molar-refractivity contribution >= 4 is 33.2 Å². The van der Waals surface area contributed by atoms with E-state index in [2.05, 4.69) is 33.0 Å². The Morgan fingerprint density at radius 1 is 1.44 bits per heavy atom. The lowest BCUT2D eigenvalue weighted by Gasteiger charge is -2.22. The smallest absolute Gasteiger partial charge is 0.210 e. The highest BCUT2D eigenvalue weighted by Crippen LogP contribution is 2.29. The molecule has 0 aliphatic carbocycles. The molecule has 0 saturated heterocycles. The van der Waals surface area contributed by atoms with Gasteiger partial charge in [0.1, 0.15) is 0 Å². The minimum absolute atomic E-state index is 0.700. The van der Waals surface area contributed by atoms with Gasteiger partial charge in [-0.1, -0.05) is 15.9 Å². The number of hydrogen-bond donors (Lipinski definition) is 1. The number of H-pyrrole nitrogens is 1. The Morgan fingerprint density at radius 3 is 3.12 bits per heavy atom. The Hall–Kier alpha value is -1.29. The molecule has 3 nitrogen and oxygen atoms in total. The van der Waals surface area contributed by atoms with Crippen molar-refractivity contribution in [2.45, 2.75) is 13.0 Å². The van der Waals surface area contributed by atoms with Gasteiger partial charge in [0, 0.05) is 27.6 Å². The first-order chi connectivity index (χ1) is 7.78. The highest BCUT2D eigenvalue weighted by molar-refractivity contribution is 9.10. The zero-order valence-corrected chi connectivity index (χ0v) is 10.3. The summed E-state index contributed by atoms with van der Waals surface area (Å²) in [5.41, 5.74) is 3.68. The van der Waals surface area contributed by atoms with Gasteiger partial charge < -0.3 is 9.88 Å². The Labute approximate surface area is 102 Å². The molecule has 1 N–H and O–H groups in total. The summed E-state index contributed by atoms with van der Waals surface area (Å²) in [5, 5.41) is 1.27. The molecule has 0 saturated carbocycles. The van der Waals surface area contributed by atoms with E-state index in [1.807, 2.05) is 6.07 Å². The molecule has 1 aromatic heterocycles. The number of carbonyl (C=O) groups is 1. The second kappa shape index (κ2) is 3.63. The molecule has 0 radical (unpaired) electrons. The monoisotopic (exact) mass is 278 g/mol. The fourth-order valence-corrected chi connectivity index (χ4v) is 2.68. The lowest BCUT2D eigenvalue weighted by Crippen LogP contribution is -2.28. The maximum atomic E-state index is 10.7. The van der Waals surface area contributed by atoms with Crippen LogP contribution in [0.2, 0.25) is 0 Å². The van der Waals surface area contributed by atoms with Gasteiger partial charge in [-0.25, -0.2) is 0 Å². The summed E-state index contributed by atoms with van der Waals surface area (Å²) in [5.74, 6) is 0. The molecule has 1 aliphatic heterocycles. The van der Waals surface area contributed by atoms with Crippen LogP contribution in [-0.4, -0.2) is 22.8 Å². The number of halogens is 1. The summed E-state index contributed by atoms with van der Waals surface area (Å²) in [6.45, 7) is 1.51. The second-order valence-corrected chi connectivity index (χ2v) is 5.01. The van der Waals surface area contributed by atoms with Crippen LogP contribution in [0, 0.1) is 0 Å². The fourth-order valence-electron chi connectivity index (χ4n) is 2.32. The topological polar surface area (TPSA) is 36.1 Å². The molecule has 2 aromatic rings. The van der Waals surface area contributed by atoms with E-state index in [-0.39, 0.29) is 0 Å². The molecule has 82 valence electrons. The summed E-state index contributed by atoms with van der Waals surface area (Å²) in [7, 11) is 0. The molecular weight excluding hydrogens is 268 g/mol. The Kier molecular flexibility index (Phi) is 2.24. The third kappa shape index (κ3) is 1.45. The number of benzene rings is 1. The zero-order valence-electron chi connectivity index (χ0n) is 8.66. The Balaban J connectivity index is 2.16. The molecule has 3 rings (SSSR count). The molecule has 0 bridgehead atoms. The van der Waals surface area contributed by atoms with Crippen LogP contribution >= 0.6 is 15.9 Å². The van der Waals surface area contributed by atoms with Crippen LogP contribution in [0.15, 0.2) is 22.7 Å². The summed E-state index contributed by atoms with van der Waals surface area (Å²) < 4.78 is 1.10. The van der Waals surface area contributed by atoms with Crippen LogP contribution in [-0.2, 0) is 17.8 Å². The Bertz CT molecular complexity index is 561. The minimum atomic E-state index is 0.700. The predicted molar refractivity (Wildman–Crippen MR) is 66.2 cm³/mol. The lowest BCUT2D eigenvalue weighted by atomic mass is 10.0. The van der Waals surface area contributed by atoms with Crippen molar-refractivity contribution in [2.24, 2.45) is 0 Å². The second-order valence-electron chi connectivity index (χ2n) is 4.10. The minimum Gasteiger partial charge on any atom is -0.357 e. The molecule has 0 spiro atoms. The molecule has 2 heterocycles. The van der Waals surface area contributed by atoms with Crippen molar-refractivity contribution in [3.05, 3.63) is 33.9 Å². The van der Waals surface area contributed by atoms with Crippen molar-refractivity contribution in [1.29, 1.82) is 0 Å². The molecule has 0 fully saturated rings. The first kappa shape index (κ1) is 9.90. The number of fused-ring (bicyclic) bond motifs is 3. The van der Waals surface area contributed by atoms with E-state index >= 15 is 0 Å². The normalized spacial score (nSPS) is 15.2. The van der Waals surface area contributed by atoms with Gasteiger partial charge in [-0.3, -0.25) is 4.79 Å². The number of nitrogens with zero attached hydrogens (tertiary/aromatic N) is 1. The largest absolute Gasteiger partial charge is 0.357 e. The van der Waals surface area contributed by atoms with Gasteiger partial charge in [-0.15, -0.1) is 0 Å². The van der Waals surface area contributed by atoms with Crippen molar-refractivity contribution in [3.63, 3.8) is 0 Å². The first-order valence-corrected chi connectivity index (χ1v) is 6.05. The van der Waals surface area contributed by atoms with Gasteiger partial charge >= 0.3 is 0 Å². The summed E-state index contributed by atoms with van der Waals surface area (Å²) in [6.07, 6.45) is 1.86. The SMILES string of the molecule is O=CN1CCc2c([nH]c3ccc(Br)cc23)C1. The van der Waals surface area contributed by atoms with Crippen LogP contribution in [0.4, 0.5) is 0 Å². The first-order valence-electron chi connectivity index (χ1n) is 5.26. The quantitative estimate of drug-likeness (QED) is 0.800. The molecular formula is C12H11BrN2O. The number of carbonyl (C=O) groups excluding carboxylic acids is 1. The van der Waals surface area contributed by atoms with E-state index in [0.29, 0.717) is 6.54 Å². The molecule has 1 aliphatic rings. The molecule has 4 heteroatoms. The van der Waals surface area contributed by atoms with Crippen LogP contribution < -0.4 is 0 Å². The summed E-state index contributed by atoms with van der Waals surface area (Å²) in [6, 6.07) is 6.24. The van der Waals surface area contributed by atoms with Gasteiger partial charge in [0.25, 0.3) is 0 Å². The van der Waals surface area contributed by atoms with Crippen molar-refractivity contribution < 1.29 is 4.79 Å². The van der Waals surface area contributed by atoms with E-state index in [4.69, 9.17) is 0 Å². The van der Waals surface area contributed by atoms with Gasteiger partial charge in [-0.2, -0.15) is 0 Å². The number of amides is 1. The summed E-state index contributed by atoms with van der Waals surface area (Å²) in [4.78, 5) is 15.9. The third-order valence-electron chi connectivity index (χ3n) is 3.12. The van der Waals surface area contributed by atoms with Gasteiger partial charge in [-0.05, 0) is 30.2 Å². The van der Waals surface area contributed by atoms with Crippen molar-refractivity contribution in [2.75, 3.05) is 6.54 Å². The van der Waals surface area contributed by atoms with Crippen LogP contribution in [0.1, 0.15) is 11.3 Å². The van der Waals surface area contributed by atoms with E-state index in [0.717, 1.165) is 29.4 Å². The maximum absolute atomic E-state index is 10.7. The number of aromatic amines is 1. The van der Waals surface area contributed by atoms with Crippen molar-refractivity contribution in [1.82, 2.24) is 9.88 Å². The van der Waals surface area contributed by atoms with Crippen LogP contribution in [0.25, 0.3) is 10.9 Å². The van der Waals surface area contributed by atoms with E-state index in [1.54, 1.807) is 4.90 Å². The lowest BCUT2D eigenvalue weighted by molar-refractivity contribution is -0.118. The third-order valence-corrected chi connectivity index (χ3v) is 3.61. The molecule has 0 unspecified atom stereocenters. The van der Waals surface area contributed by atoms with E-state index in [9.17, 15) is 4.79 Å². The molecule has 1 amide bonds. The molecule has 1 aromatic carbocycles. The average molecular weight is 279 g/mol. The highest BCUT2D eigenvalue weighted by atomic mass is 79.9. The van der Waals surface area contributed by atoms with Crippen LogP contribution in [0.5, 0.6) is 0 Å². The number of hydrogen-bond acceptors (Lipinski definition) is 1. The number of rotatable bonds is 1. The maximum Gasteiger partial charge on any atom is 0.210 e. The standard InChI is InChI=1S/C12H11BrN2O/c13-8-1-2-11-10(5-8)9-3-4-15(7-16)6-12(9)14-11/h1-2,5,7,14H,3-4,6H2. The predicted octanol–water partition coefficient (Wildman–Crippen LogP) is 2.44. The van der Waals surface area contributed by atoms with Gasteiger partial charge in [0.05, 0.1) is 6.54 Å². The van der Waals surface area contributed by atoms with E-state index in [1.165, 1.54) is 16.6 Å². The highest BCUT2D eigenvalue weighted by Gasteiger charge is 2.19. The average Bonchev–Trinajstić information content (AvgIpc) is 2.66. The fraction of sp³-hybridized carbons (Fsp3) is 0.250. The number of aromatic nitrogens is 1. The summed E-state index contributed by atoms with van der Waals surface area (Å²) >= 11 is 3.49. The zero-order chi connectivity index (χ0) is 11.1.